The summed E-state index contributed by atoms with van der Waals surface area (Å²) < 4.78 is 23.4. The molecule has 2 rings (SSSR count). The molecule has 0 amide bonds. The highest BCUT2D eigenvalue weighted by Crippen LogP contribution is 2.19. The molecule has 7 heteroatoms. The van der Waals surface area contributed by atoms with Crippen LogP contribution < -0.4 is 0 Å². The lowest BCUT2D eigenvalue weighted by atomic mass is 10.2. The summed E-state index contributed by atoms with van der Waals surface area (Å²) in [5.41, 5.74) is -0.263. The van der Waals surface area contributed by atoms with Gasteiger partial charge in [0.2, 0.25) is 5.95 Å². The first-order valence-corrected chi connectivity index (χ1v) is 4.94. The van der Waals surface area contributed by atoms with Gasteiger partial charge in [-0.2, -0.15) is 9.49 Å². The van der Waals surface area contributed by atoms with E-state index in [9.17, 15) is 14.0 Å². The van der Waals surface area contributed by atoms with Crippen molar-refractivity contribution in [3.63, 3.8) is 0 Å². The van der Waals surface area contributed by atoms with E-state index in [1.54, 1.807) is 0 Å². The van der Waals surface area contributed by atoms with Gasteiger partial charge in [-0.25, -0.2) is 14.1 Å². The van der Waals surface area contributed by atoms with Gasteiger partial charge in [-0.3, -0.25) is 0 Å². The molecule has 18 heavy (non-hydrogen) atoms. The Hall–Kier alpha value is -2.44. The molecule has 0 saturated heterocycles. The number of nitrogens with zero attached hydrogens (tertiary/aromatic N) is 2. The van der Waals surface area contributed by atoms with Crippen LogP contribution in [0.4, 0.5) is 4.39 Å². The van der Waals surface area contributed by atoms with Crippen LogP contribution in [0.25, 0.3) is 5.52 Å². The molecule has 94 valence electrons. The molecule has 2 aromatic heterocycles. The van der Waals surface area contributed by atoms with Crippen LogP contribution >= 0.6 is 0 Å². The minimum Gasteiger partial charge on any atom is -0.465 e. The van der Waals surface area contributed by atoms with E-state index in [-0.39, 0.29) is 16.8 Å². The van der Waals surface area contributed by atoms with Crippen LogP contribution in [0.2, 0.25) is 0 Å². The number of pyridine rings is 1. The van der Waals surface area contributed by atoms with Gasteiger partial charge in [0.15, 0.2) is 5.69 Å². The molecule has 2 aromatic rings. The number of carbonyl (C=O) groups excluding carboxylic acids is 2. The van der Waals surface area contributed by atoms with Crippen LogP contribution in [0.1, 0.15) is 20.8 Å². The molecule has 0 aliphatic carbocycles. The van der Waals surface area contributed by atoms with Crippen molar-refractivity contribution in [2.45, 2.75) is 0 Å². The molecule has 0 N–H and O–H groups in total. The van der Waals surface area contributed by atoms with Gasteiger partial charge in [-0.15, -0.1) is 0 Å². The van der Waals surface area contributed by atoms with Gasteiger partial charge in [0.25, 0.3) is 0 Å². The first-order chi connectivity index (χ1) is 8.60. The quantitative estimate of drug-likeness (QED) is 0.590. The first kappa shape index (κ1) is 12.0. The molecule has 0 aromatic carbocycles. The Bertz CT molecular complexity index is 635. The van der Waals surface area contributed by atoms with Crippen molar-refractivity contribution in [2.75, 3.05) is 14.2 Å². The standard InChI is InChI=1S/C11H9FN2O4/c1-17-10(15)8-6-4-3-5-7(12)14(6)13-9(8)11(16)18-2/h3-5H,1-2H3. The fourth-order valence-corrected chi connectivity index (χ4v) is 1.58. The number of ether oxygens (including phenoxy) is 2. The summed E-state index contributed by atoms with van der Waals surface area (Å²) in [7, 11) is 2.30. The number of carbonyl (C=O) groups is 2. The zero-order valence-electron chi connectivity index (χ0n) is 9.64. The monoisotopic (exact) mass is 252 g/mol. The maximum Gasteiger partial charge on any atom is 0.359 e. The molecule has 0 bridgehead atoms. The van der Waals surface area contributed by atoms with Crippen molar-refractivity contribution >= 4 is 17.5 Å². The van der Waals surface area contributed by atoms with Crippen LogP contribution in [0.15, 0.2) is 18.2 Å². The number of hydrogen-bond acceptors (Lipinski definition) is 5. The molecule has 6 nitrogen and oxygen atoms in total. The van der Waals surface area contributed by atoms with E-state index in [0.29, 0.717) is 0 Å². The molecule has 0 atom stereocenters. The molecule has 0 unspecified atom stereocenters. The summed E-state index contributed by atoms with van der Waals surface area (Å²) in [5.74, 6) is -2.32. The van der Waals surface area contributed by atoms with Gasteiger partial charge in [0, 0.05) is 0 Å². The Morgan fingerprint density at radius 3 is 2.50 bits per heavy atom. The number of halogens is 1. The Labute approximate surface area is 101 Å². The lowest BCUT2D eigenvalue weighted by Gasteiger charge is -1.99. The predicted octanol–water partition coefficient (Wildman–Crippen LogP) is 1.05. The summed E-state index contributed by atoms with van der Waals surface area (Å²) in [6, 6.07) is 4.01. The number of methoxy groups -OCH3 is 2. The Balaban J connectivity index is 2.80. The minimum atomic E-state index is -0.835. The van der Waals surface area contributed by atoms with Crippen LogP contribution in [0, 0.1) is 5.95 Å². The third-order valence-electron chi connectivity index (χ3n) is 2.38. The second-order valence-electron chi connectivity index (χ2n) is 3.35. The predicted molar refractivity (Wildman–Crippen MR) is 57.8 cm³/mol. The number of fused-ring (bicyclic) bond motifs is 1. The zero-order valence-corrected chi connectivity index (χ0v) is 9.64. The number of aromatic nitrogens is 2. The van der Waals surface area contributed by atoms with E-state index in [2.05, 4.69) is 14.6 Å². The number of esters is 2. The van der Waals surface area contributed by atoms with Crippen LogP contribution in [0.3, 0.4) is 0 Å². The van der Waals surface area contributed by atoms with Crippen molar-refractivity contribution in [2.24, 2.45) is 0 Å². The largest absolute Gasteiger partial charge is 0.465 e. The lowest BCUT2D eigenvalue weighted by molar-refractivity contribution is 0.0553. The Morgan fingerprint density at radius 2 is 1.89 bits per heavy atom. The highest BCUT2D eigenvalue weighted by molar-refractivity contribution is 6.07. The summed E-state index contributed by atoms with van der Waals surface area (Å²) in [6.45, 7) is 0. The van der Waals surface area contributed by atoms with E-state index >= 15 is 0 Å². The number of hydrogen-bond donors (Lipinski definition) is 0. The molecular weight excluding hydrogens is 243 g/mol. The SMILES string of the molecule is COC(=O)c1nn2c(F)cccc2c1C(=O)OC. The van der Waals surface area contributed by atoms with E-state index < -0.39 is 17.9 Å². The van der Waals surface area contributed by atoms with Gasteiger partial charge < -0.3 is 9.47 Å². The minimum absolute atomic E-state index is 0.121. The van der Waals surface area contributed by atoms with Crippen molar-refractivity contribution in [3.8, 4) is 0 Å². The summed E-state index contributed by atoms with van der Waals surface area (Å²) in [4.78, 5) is 23.1. The van der Waals surface area contributed by atoms with E-state index in [1.165, 1.54) is 12.1 Å². The highest BCUT2D eigenvalue weighted by atomic mass is 19.1. The maximum atomic E-state index is 13.5. The Kier molecular flexibility index (Phi) is 2.97. The molecule has 0 radical (unpaired) electrons. The normalized spacial score (nSPS) is 10.4. The molecule has 0 fully saturated rings. The van der Waals surface area contributed by atoms with Crippen LogP contribution in [-0.2, 0) is 9.47 Å². The summed E-state index contributed by atoms with van der Waals surface area (Å²) in [5, 5.41) is 3.72. The lowest BCUT2D eigenvalue weighted by Crippen LogP contribution is -2.10. The molecular formula is C11H9FN2O4. The van der Waals surface area contributed by atoms with Crippen LogP contribution in [0.5, 0.6) is 0 Å². The first-order valence-electron chi connectivity index (χ1n) is 4.94. The van der Waals surface area contributed by atoms with E-state index in [0.717, 1.165) is 24.8 Å². The van der Waals surface area contributed by atoms with Crippen molar-refractivity contribution in [1.29, 1.82) is 0 Å². The maximum absolute atomic E-state index is 13.5. The van der Waals surface area contributed by atoms with Crippen molar-refractivity contribution in [1.82, 2.24) is 9.61 Å². The molecule has 0 aliphatic rings. The third kappa shape index (κ3) is 1.69. The second kappa shape index (κ2) is 4.44. The fraction of sp³-hybridized carbons (Fsp3) is 0.182. The van der Waals surface area contributed by atoms with Crippen LogP contribution in [-0.4, -0.2) is 35.8 Å². The van der Waals surface area contributed by atoms with E-state index in [4.69, 9.17) is 0 Å². The third-order valence-corrected chi connectivity index (χ3v) is 2.38. The molecule has 2 heterocycles. The highest BCUT2D eigenvalue weighted by Gasteiger charge is 2.26. The summed E-state index contributed by atoms with van der Waals surface area (Å²) >= 11 is 0. The zero-order chi connectivity index (χ0) is 13.3. The van der Waals surface area contributed by atoms with Crippen molar-refractivity contribution in [3.05, 3.63) is 35.4 Å². The second-order valence-corrected chi connectivity index (χ2v) is 3.35. The number of rotatable bonds is 2. The van der Waals surface area contributed by atoms with Gasteiger partial charge >= 0.3 is 11.9 Å². The fourth-order valence-electron chi connectivity index (χ4n) is 1.58. The van der Waals surface area contributed by atoms with Crippen molar-refractivity contribution < 1.29 is 23.5 Å². The summed E-state index contributed by atoms with van der Waals surface area (Å²) in [6.07, 6.45) is 0. The molecule has 0 spiro atoms. The smallest absolute Gasteiger partial charge is 0.359 e. The average molecular weight is 252 g/mol. The molecule has 0 saturated carbocycles. The van der Waals surface area contributed by atoms with Gasteiger partial charge in [0.05, 0.1) is 19.7 Å². The molecule has 0 aliphatic heterocycles. The van der Waals surface area contributed by atoms with E-state index in [1.807, 2.05) is 0 Å². The van der Waals surface area contributed by atoms with Gasteiger partial charge in [-0.05, 0) is 12.1 Å². The topological polar surface area (TPSA) is 69.9 Å². The average Bonchev–Trinajstić information content (AvgIpc) is 2.77. The van der Waals surface area contributed by atoms with Gasteiger partial charge in [-0.1, -0.05) is 6.07 Å². The Morgan fingerprint density at radius 1 is 1.22 bits per heavy atom. The van der Waals surface area contributed by atoms with Gasteiger partial charge in [0.1, 0.15) is 5.56 Å².